The average Bonchev–Trinajstić information content (AvgIpc) is 2.78. The molecule has 30 heavy (non-hydrogen) atoms. The number of rotatable bonds is 10. The van der Waals surface area contributed by atoms with Crippen LogP contribution in [-0.4, -0.2) is 39.8 Å². The van der Waals surface area contributed by atoms with Crippen molar-refractivity contribution in [1.82, 2.24) is 5.32 Å². The molecular weight excluding hydrogens is 378 g/mol. The van der Waals surface area contributed by atoms with Crippen molar-refractivity contribution in [1.29, 1.82) is 5.26 Å². The van der Waals surface area contributed by atoms with E-state index in [0.29, 0.717) is 24.5 Å². The van der Waals surface area contributed by atoms with Gasteiger partial charge in [0.25, 0.3) is 5.91 Å². The molecule has 0 aliphatic heterocycles. The van der Waals surface area contributed by atoms with Crippen molar-refractivity contribution in [2.75, 3.05) is 38.8 Å². The maximum atomic E-state index is 12.4. The minimum absolute atomic E-state index is 0.0814. The second-order valence-electron chi connectivity index (χ2n) is 6.63. The molecule has 0 heterocycles. The molecular formula is C24H29N3O3. The number of nitrogens with zero attached hydrogens (tertiary/aromatic N) is 2. The van der Waals surface area contributed by atoms with Gasteiger partial charge in [-0.2, -0.15) is 5.26 Å². The van der Waals surface area contributed by atoms with Gasteiger partial charge in [-0.3, -0.25) is 4.79 Å². The van der Waals surface area contributed by atoms with E-state index >= 15 is 0 Å². The highest BCUT2D eigenvalue weighted by molar-refractivity contribution is 6.01. The molecule has 0 bridgehead atoms. The Bertz CT molecular complexity index is 910. The predicted molar refractivity (Wildman–Crippen MR) is 120 cm³/mol. The third-order valence-corrected chi connectivity index (χ3v) is 4.84. The fourth-order valence-corrected chi connectivity index (χ4v) is 3.14. The Morgan fingerprint density at radius 3 is 2.30 bits per heavy atom. The van der Waals surface area contributed by atoms with Crippen LogP contribution in [0.25, 0.3) is 6.08 Å². The minimum Gasteiger partial charge on any atom is -0.493 e. The van der Waals surface area contributed by atoms with Gasteiger partial charge in [-0.05, 0) is 61.7 Å². The molecule has 0 fully saturated rings. The first-order chi connectivity index (χ1) is 14.6. The summed E-state index contributed by atoms with van der Waals surface area (Å²) in [5, 5.41) is 12.2. The number of carbonyl (C=O) groups is 1. The number of nitriles is 1. The lowest BCUT2D eigenvalue weighted by Crippen LogP contribution is -2.26. The highest BCUT2D eigenvalue weighted by Crippen LogP contribution is 2.27. The number of hydrogen-bond acceptors (Lipinski definition) is 5. The lowest BCUT2D eigenvalue weighted by molar-refractivity contribution is -0.117. The van der Waals surface area contributed by atoms with Gasteiger partial charge in [0, 0.05) is 25.3 Å². The molecule has 0 aromatic heterocycles. The van der Waals surface area contributed by atoms with E-state index in [1.807, 2.05) is 48.5 Å². The third kappa shape index (κ3) is 6.02. The number of ether oxygens (including phenoxy) is 2. The summed E-state index contributed by atoms with van der Waals surface area (Å²) in [6.07, 6.45) is 2.22. The Balaban J connectivity index is 1.99. The van der Waals surface area contributed by atoms with E-state index in [9.17, 15) is 10.1 Å². The van der Waals surface area contributed by atoms with Crippen LogP contribution < -0.4 is 19.7 Å². The number of anilines is 1. The van der Waals surface area contributed by atoms with Gasteiger partial charge in [0.2, 0.25) is 0 Å². The van der Waals surface area contributed by atoms with Crippen LogP contribution in [0.5, 0.6) is 11.5 Å². The smallest absolute Gasteiger partial charge is 0.261 e. The summed E-state index contributed by atoms with van der Waals surface area (Å²) in [6, 6.07) is 15.5. The minimum atomic E-state index is -0.384. The SMILES string of the molecule is CCN(CC)c1ccc(/C=C(\C#N)C(=O)NCCc2ccc(OC)c(OC)c2)cc1. The molecule has 158 valence electrons. The number of hydrogen-bond donors (Lipinski definition) is 1. The molecule has 0 atom stereocenters. The molecule has 6 nitrogen and oxygen atoms in total. The topological polar surface area (TPSA) is 74.6 Å². The second-order valence-corrected chi connectivity index (χ2v) is 6.63. The van der Waals surface area contributed by atoms with Crippen molar-refractivity contribution in [2.24, 2.45) is 0 Å². The van der Waals surface area contributed by atoms with Gasteiger partial charge in [0.15, 0.2) is 11.5 Å². The monoisotopic (exact) mass is 407 g/mol. The summed E-state index contributed by atoms with van der Waals surface area (Å²) < 4.78 is 10.5. The van der Waals surface area contributed by atoms with Crippen LogP contribution in [0.2, 0.25) is 0 Å². The van der Waals surface area contributed by atoms with Crippen molar-refractivity contribution < 1.29 is 14.3 Å². The zero-order valence-corrected chi connectivity index (χ0v) is 18.1. The molecule has 0 radical (unpaired) electrons. The van der Waals surface area contributed by atoms with Gasteiger partial charge >= 0.3 is 0 Å². The maximum absolute atomic E-state index is 12.4. The molecule has 6 heteroatoms. The Morgan fingerprint density at radius 1 is 1.07 bits per heavy atom. The van der Waals surface area contributed by atoms with E-state index in [4.69, 9.17) is 9.47 Å². The number of carbonyl (C=O) groups excluding carboxylic acids is 1. The number of methoxy groups -OCH3 is 2. The van der Waals surface area contributed by atoms with Crippen LogP contribution in [0, 0.1) is 11.3 Å². The van der Waals surface area contributed by atoms with Gasteiger partial charge in [-0.25, -0.2) is 0 Å². The molecule has 0 spiro atoms. The maximum Gasteiger partial charge on any atom is 0.261 e. The lowest BCUT2D eigenvalue weighted by atomic mass is 10.1. The zero-order valence-electron chi connectivity index (χ0n) is 18.1. The van der Waals surface area contributed by atoms with Crippen LogP contribution in [0.4, 0.5) is 5.69 Å². The number of nitrogens with one attached hydrogen (secondary N) is 1. The molecule has 0 unspecified atom stereocenters. The van der Waals surface area contributed by atoms with Crippen molar-refractivity contribution >= 4 is 17.7 Å². The molecule has 1 amide bonds. The lowest BCUT2D eigenvalue weighted by Gasteiger charge is -2.20. The molecule has 0 saturated heterocycles. The summed E-state index contributed by atoms with van der Waals surface area (Å²) in [4.78, 5) is 14.6. The van der Waals surface area contributed by atoms with Crippen LogP contribution in [0.3, 0.4) is 0 Å². The Hall–Kier alpha value is -3.46. The highest BCUT2D eigenvalue weighted by Gasteiger charge is 2.10. The van der Waals surface area contributed by atoms with E-state index in [0.717, 1.165) is 29.9 Å². The van der Waals surface area contributed by atoms with Gasteiger partial charge in [0.05, 0.1) is 14.2 Å². The van der Waals surface area contributed by atoms with Crippen molar-refractivity contribution in [3.8, 4) is 17.6 Å². The van der Waals surface area contributed by atoms with Crippen molar-refractivity contribution in [3.05, 3.63) is 59.2 Å². The van der Waals surface area contributed by atoms with E-state index in [-0.39, 0.29) is 11.5 Å². The number of amides is 1. The van der Waals surface area contributed by atoms with Crippen LogP contribution in [0.1, 0.15) is 25.0 Å². The highest BCUT2D eigenvalue weighted by atomic mass is 16.5. The Morgan fingerprint density at radius 2 is 1.73 bits per heavy atom. The first-order valence-electron chi connectivity index (χ1n) is 10.0. The molecule has 1 N–H and O–H groups in total. The normalized spacial score (nSPS) is 10.8. The zero-order chi connectivity index (χ0) is 21.9. The first kappa shape index (κ1) is 22.8. The molecule has 0 saturated carbocycles. The third-order valence-electron chi connectivity index (χ3n) is 4.84. The fraction of sp³-hybridized carbons (Fsp3) is 0.333. The van der Waals surface area contributed by atoms with Crippen molar-refractivity contribution in [2.45, 2.75) is 20.3 Å². The average molecular weight is 408 g/mol. The first-order valence-corrected chi connectivity index (χ1v) is 10.0. The summed E-state index contributed by atoms with van der Waals surface area (Å²) in [5.74, 6) is 0.921. The molecule has 0 aliphatic carbocycles. The largest absolute Gasteiger partial charge is 0.493 e. The molecule has 2 aromatic rings. The quantitative estimate of drug-likeness (QED) is 0.479. The van der Waals surface area contributed by atoms with Crippen LogP contribution >= 0.6 is 0 Å². The number of benzene rings is 2. The Labute approximate surface area is 178 Å². The summed E-state index contributed by atoms with van der Waals surface area (Å²) in [6.45, 7) is 6.48. The summed E-state index contributed by atoms with van der Waals surface area (Å²) in [5.41, 5.74) is 3.02. The molecule has 2 rings (SSSR count). The Kier molecular flexibility index (Phi) is 8.76. The molecule has 0 aliphatic rings. The van der Waals surface area contributed by atoms with E-state index in [2.05, 4.69) is 24.1 Å². The van der Waals surface area contributed by atoms with E-state index in [1.165, 1.54) is 0 Å². The standard InChI is InChI=1S/C24H29N3O3/c1-5-27(6-2)21-10-7-18(8-11-21)15-20(17-25)24(28)26-14-13-19-9-12-22(29-3)23(16-19)30-4/h7-12,15-16H,5-6,13-14H2,1-4H3,(H,26,28)/b20-15+. The van der Waals surface area contributed by atoms with Gasteiger partial charge < -0.3 is 19.7 Å². The fourth-order valence-electron chi connectivity index (χ4n) is 3.14. The van der Waals surface area contributed by atoms with Gasteiger partial charge in [0.1, 0.15) is 11.6 Å². The second kappa shape index (κ2) is 11.5. The molecule has 2 aromatic carbocycles. The van der Waals surface area contributed by atoms with Gasteiger partial charge in [-0.1, -0.05) is 18.2 Å². The predicted octanol–water partition coefficient (Wildman–Crippen LogP) is 3.82. The van der Waals surface area contributed by atoms with Crippen LogP contribution in [0.15, 0.2) is 48.0 Å². The van der Waals surface area contributed by atoms with Gasteiger partial charge in [-0.15, -0.1) is 0 Å². The summed E-state index contributed by atoms with van der Waals surface area (Å²) in [7, 11) is 3.17. The van der Waals surface area contributed by atoms with Crippen molar-refractivity contribution in [3.63, 3.8) is 0 Å². The van der Waals surface area contributed by atoms with E-state index in [1.54, 1.807) is 20.3 Å². The van der Waals surface area contributed by atoms with Crippen LogP contribution in [-0.2, 0) is 11.2 Å². The summed E-state index contributed by atoms with van der Waals surface area (Å²) >= 11 is 0. The van der Waals surface area contributed by atoms with E-state index < -0.39 is 0 Å².